The fourth-order valence-electron chi connectivity index (χ4n) is 4.25. The number of ether oxygens (including phenoxy) is 3. The highest BCUT2D eigenvalue weighted by molar-refractivity contribution is 6.30. The molecule has 0 aliphatic carbocycles. The van der Waals surface area contributed by atoms with Gasteiger partial charge in [-0.15, -0.1) is 0 Å². The molecule has 2 heterocycles. The van der Waals surface area contributed by atoms with E-state index in [1.54, 1.807) is 26.4 Å². The Balaban J connectivity index is 1.66. The van der Waals surface area contributed by atoms with Crippen LogP contribution in [0, 0.1) is 0 Å². The Morgan fingerprint density at radius 1 is 1.03 bits per heavy atom. The third-order valence-electron chi connectivity index (χ3n) is 5.67. The summed E-state index contributed by atoms with van der Waals surface area (Å²) in [5, 5.41) is 17.8. The number of nitrogens with zero attached hydrogens (tertiary/aromatic N) is 2. The first-order valence-corrected chi connectivity index (χ1v) is 10.3. The highest BCUT2D eigenvalue weighted by Gasteiger charge is 2.42. The molecule has 2 atom stereocenters. The second-order valence-corrected chi connectivity index (χ2v) is 7.84. The lowest BCUT2D eigenvalue weighted by atomic mass is 9.95. The van der Waals surface area contributed by atoms with Gasteiger partial charge in [-0.25, -0.2) is 5.01 Å². The predicted octanol–water partition coefficient (Wildman–Crippen LogP) is 5.31. The van der Waals surface area contributed by atoms with E-state index in [0.29, 0.717) is 28.5 Å². The summed E-state index contributed by atoms with van der Waals surface area (Å²) < 4.78 is 17.6. The number of methoxy groups -OCH3 is 2. The van der Waals surface area contributed by atoms with Gasteiger partial charge in [0, 0.05) is 22.6 Å². The van der Waals surface area contributed by atoms with Crippen molar-refractivity contribution >= 4 is 17.3 Å². The number of halogens is 1. The van der Waals surface area contributed by atoms with E-state index in [9.17, 15) is 5.11 Å². The summed E-state index contributed by atoms with van der Waals surface area (Å²) >= 11 is 6.30. The minimum Gasteiger partial charge on any atom is -0.507 e. The molecule has 6 nitrogen and oxygen atoms in total. The number of fused-ring (bicyclic) bond motifs is 3. The fourth-order valence-corrected chi connectivity index (χ4v) is 4.43. The lowest BCUT2D eigenvalue weighted by Gasteiger charge is -2.38. The van der Waals surface area contributed by atoms with Crippen LogP contribution in [0.4, 0.5) is 0 Å². The third-order valence-corrected chi connectivity index (χ3v) is 5.90. The second kappa shape index (κ2) is 7.71. The van der Waals surface area contributed by atoms with Crippen LogP contribution in [0.25, 0.3) is 0 Å². The van der Waals surface area contributed by atoms with Crippen LogP contribution in [-0.4, -0.2) is 30.0 Å². The fraction of sp³-hybridized carbons (Fsp3) is 0.208. The van der Waals surface area contributed by atoms with Crippen LogP contribution in [0.3, 0.4) is 0 Å². The van der Waals surface area contributed by atoms with Gasteiger partial charge in [0.1, 0.15) is 11.5 Å². The van der Waals surface area contributed by atoms with Gasteiger partial charge < -0.3 is 19.3 Å². The zero-order valence-corrected chi connectivity index (χ0v) is 17.8. The van der Waals surface area contributed by atoms with E-state index < -0.39 is 6.23 Å². The van der Waals surface area contributed by atoms with E-state index in [2.05, 4.69) is 0 Å². The maximum atomic E-state index is 10.4. The number of para-hydroxylation sites is 2. The number of aromatic hydroxyl groups is 1. The van der Waals surface area contributed by atoms with Crippen LogP contribution in [0.15, 0.2) is 65.8 Å². The molecule has 2 aliphatic rings. The van der Waals surface area contributed by atoms with E-state index in [1.165, 1.54) is 0 Å². The highest BCUT2D eigenvalue weighted by atomic mass is 35.5. The summed E-state index contributed by atoms with van der Waals surface area (Å²) in [6.45, 7) is 0. The molecule has 31 heavy (non-hydrogen) atoms. The van der Waals surface area contributed by atoms with Crippen molar-refractivity contribution in [3.05, 3.63) is 82.4 Å². The van der Waals surface area contributed by atoms with Gasteiger partial charge in [-0.05, 0) is 42.5 Å². The number of hydrogen-bond acceptors (Lipinski definition) is 6. The van der Waals surface area contributed by atoms with Gasteiger partial charge >= 0.3 is 0 Å². The van der Waals surface area contributed by atoms with Gasteiger partial charge in [0.2, 0.25) is 6.23 Å². The van der Waals surface area contributed by atoms with E-state index in [1.807, 2.05) is 53.5 Å². The van der Waals surface area contributed by atoms with Crippen LogP contribution in [-0.2, 0) is 0 Å². The Hall–Kier alpha value is -3.38. The Bertz CT molecular complexity index is 1180. The van der Waals surface area contributed by atoms with Crippen molar-refractivity contribution in [1.29, 1.82) is 0 Å². The molecule has 7 heteroatoms. The molecule has 0 bridgehead atoms. The normalized spacial score (nSPS) is 19.2. The van der Waals surface area contributed by atoms with Crippen LogP contribution in [0.2, 0.25) is 5.02 Å². The summed E-state index contributed by atoms with van der Waals surface area (Å²) in [6, 6.07) is 18.4. The number of rotatable bonds is 4. The molecule has 0 aromatic heterocycles. The van der Waals surface area contributed by atoms with Gasteiger partial charge in [0.15, 0.2) is 11.5 Å². The van der Waals surface area contributed by atoms with E-state index in [4.69, 9.17) is 30.9 Å². The molecule has 2 aliphatic heterocycles. The van der Waals surface area contributed by atoms with Gasteiger partial charge in [-0.3, -0.25) is 0 Å². The van der Waals surface area contributed by atoms with Gasteiger partial charge in [0.25, 0.3) is 0 Å². The Morgan fingerprint density at radius 3 is 2.65 bits per heavy atom. The van der Waals surface area contributed by atoms with Crippen molar-refractivity contribution in [3.8, 4) is 23.0 Å². The Morgan fingerprint density at radius 2 is 1.87 bits per heavy atom. The molecule has 3 aromatic rings. The summed E-state index contributed by atoms with van der Waals surface area (Å²) in [6.07, 6.45) is 0.0731. The maximum absolute atomic E-state index is 10.4. The molecule has 0 saturated carbocycles. The molecule has 1 N–H and O–H groups in total. The van der Waals surface area contributed by atoms with Gasteiger partial charge in [-0.2, -0.15) is 5.10 Å². The predicted molar refractivity (Wildman–Crippen MR) is 118 cm³/mol. The van der Waals surface area contributed by atoms with Crippen LogP contribution < -0.4 is 14.2 Å². The third kappa shape index (κ3) is 3.24. The molecule has 5 rings (SSSR count). The number of hydrazone groups is 1. The molecule has 0 radical (unpaired) electrons. The highest BCUT2D eigenvalue weighted by Crippen LogP contribution is 2.50. The summed E-state index contributed by atoms with van der Waals surface area (Å²) in [4.78, 5) is 0. The van der Waals surface area contributed by atoms with E-state index in [-0.39, 0.29) is 11.8 Å². The smallest absolute Gasteiger partial charge is 0.217 e. The molecular formula is C24H21ClN2O4. The first-order chi connectivity index (χ1) is 15.1. The van der Waals surface area contributed by atoms with Crippen molar-refractivity contribution in [3.63, 3.8) is 0 Å². The lowest BCUT2D eigenvalue weighted by Crippen LogP contribution is -2.34. The maximum Gasteiger partial charge on any atom is 0.217 e. The summed E-state index contributed by atoms with van der Waals surface area (Å²) in [5.74, 6) is 2.15. The van der Waals surface area contributed by atoms with Gasteiger partial charge in [0.05, 0.1) is 31.5 Å². The standard InChI is InChI=1S/C24H21ClN2O4/c1-29-22-9-5-7-16(23(22)30-2)24-27-19(17-12-14(25)10-11-21(17)31-24)13-18(26-27)15-6-3-4-8-20(15)28/h3-12,19,24,28H,13H2,1-2H3/t19-,24+/m1/s1. The molecule has 158 valence electrons. The van der Waals surface area contributed by atoms with E-state index in [0.717, 1.165) is 22.6 Å². The van der Waals surface area contributed by atoms with Gasteiger partial charge in [-0.1, -0.05) is 29.8 Å². The number of benzene rings is 3. The van der Waals surface area contributed by atoms with E-state index >= 15 is 0 Å². The molecule has 0 amide bonds. The molecule has 0 spiro atoms. The topological polar surface area (TPSA) is 63.5 Å². The SMILES string of the molecule is COc1cccc([C@@H]2Oc3ccc(Cl)cc3[C@H]3CC(c4ccccc4O)=NN32)c1OC. The minimum atomic E-state index is -0.535. The largest absolute Gasteiger partial charge is 0.507 e. The van der Waals surface area contributed by atoms with Crippen molar-refractivity contribution in [1.82, 2.24) is 5.01 Å². The van der Waals surface area contributed by atoms with Crippen molar-refractivity contribution in [2.45, 2.75) is 18.7 Å². The number of hydrogen-bond donors (Lipinski definition) is 1. The molecule has 3 aromatic carbocycles. The van der Waals surface area contributed by atoms with Crippen molar-refractivity contribution in [2.75, 3.05) is 14.2 Å². The monoisotopic (exact) mass is 436 g/mol. The average molecular weight is 437 g/mol. The number of phenols is 1. The number of phenolic OH excluding ortho intramolecular Hbond substituents is 1. The summed E-state index contributed by atoms with van der Waals surface area (Å²) in [7, 11) is 3.21. The lowest BCUT2D eigenvalue weighted by molar-refractivity contribution is -0.0205. The Labute approximate surface area is 185 Å². The first kappa shape index (κ1) is 19.6. The zero-order valence-electron chi connectivity index (χ0n) is 17.1. The summed E-state index contributed by atoms with van der Waals surface area (Å²) in [5.41, 5.74) is 3.25. The molecule has 0 unspecified atom stereocenters. The van der Waals surface area contributed by atoms with Crippen LogP contribution in [0.5, 0.6) is 23.0 Å². The second-order valence-electron chi connectivity index (χ2n) is 7.40. The molecule has 0 fully saturated rings. The molecular weight excluding hydrogens is 416 g/mol. The minimum absolute atomic E-state index is 0.0991. The first-order valence-electron chi connectivity index (χ1n) is 9.92. The zero-order chi connectivity index (χ0) is 21.5. The van der Waals surface area contributed by atoms with Crippen molar-refractivity contribution < 1.29 is 19.3 Å². The molecule has 0 saturated heterocycles. The van der Waals surface area contributed by atoms with Crippen molar-refractivity contribution in [2.24, 2.45) is 5.10 Å². The quantitative estimate of drug-likeness (QED) is 0.600. The van der Waals surface area contributed by atoms with Crippen LogP contribution in [0.1, 0.15) is 35.4 Å². The Kier molecular flexibility index (Phi) is 4.87. The average Bonchev–Trinajstić information content (AvgIpc) is 3.24. The van der Waals surface area contributed by atoms with Crippen LogP contribution >= 0.6 is 11.6 Å².